The standard InChI is InChI=1S/C9H9N2O2.ClH/c1-2-13-9(12)7-3-5-8(11-10)6-4-7;/h3-6H,2H2,1H3;1H/q+1;/p-1. The fraction of sp³-hybridized carbons (Fsp3) is 0.222. The predicted octanol–water partition coefficient (Wildman–Crippen LogP) is -0.648. The summed E-state index contributed by atoms with van der Waals surface area (Å²) in [7, 11) is 0. The zero-order valence-electron chi connectivity index (χ0n) is 7.61. The van der Waals surface area contributed by atoms with Gasteiger partial charge < -0.3 is 17.1 Å². The first-order chi connectivity index (χ1) is 6.27. The molecule has 0 radical (unpaired) electrons. The van der Waals surface area contributed by atoms with E-state index in [0.717, 1.165) is 0 Å². The largest absolute Gasteiger partial charge is 1.00 e. The topological polar surface area (TPSA) is 54.5 Å². The molecule has 5 heteroatoms. The summed E-state index contributed by atoms with van der Waals surface area (Å²) in [5.41, 5.74) is 0.863. The molecule has 0 unspecified atom stereocenters. The van der Waals surface area contributed by atoms with Gasteiger partial charge >= 0.3 is 11.7 Å². The number of halogens is 1. The molecule has 74 valence electrons. The van der Waals surface area contributed by atoms with Gasteiger partial charge in [-0.2, -0.15) is 0 Å². The molecular formula is C9H9ClN2O2. The van der Waals surface area contributed by atoms with Crippen LogP contribution in [0.2, 0.25) is 0 Å². The summed E-state index contributed by atoms with van der Waals surface area (Å²) in [6.07, 6.45) is 0. The summed E-state index contributed by atoms with van der Waals surface area (Å²) >= 11 is 0. The van der Waals surface area contributed by atoms with E-state index >= 15 is 0 Å². The van der Waals surface area contributed by atoms with Crippen LogP contribution in [0.4, 0.5) is 5.69 Å². The fourth-order valence-corrected chi connectivity index (χ4v) is 0.879. The summed E-state index contributed by atoms with van der Waals surface area (Å²) in [5.74, 6) is -0.369. The lowest BCUT2D eigenvalue weighted by atomic mass is 10.2. The van der Waals surface area contributed by atoms with Crippen molar-refractivity contribution in [1.29, 1.82) is 5.39 Å². The molecule has 0 aromatic heterocycles. The molecular weight excluding hydrogens is 204 g/mol. The number of carbonyl (C=O) groups excluding carboxylic acids is 1. The van der Waals surface area contributed by atoms with Crippen molar-refractivity contribution in [3.63, 3.8) is 0 Å². The zero-order valence-corrected chi connectivity index (χ0v) is 8.36. The van der Waals surface area contributed by atoms with Crippen LogP contribution in [0, 0.1) is 5.39 Å². The maximum absolute atomic E-state index is 11.1. The molecule has 0 aliphatic rings. The number of ether oxygens (including phenoxy) is 1. The van der Waals surface area contributed by atoms with Crippen LogP contribution in [0.15, 0.2) is 24.3 Å². The smallest absolute Gasteiger partial charge is 0.385 e. The number of hydrogen-bond acceptors (Lipinski definition) is 3. The van der Waals surface area contributed by atoms with Gasteiger partial charge in [0, 0.05) is 12.1 Å². The number of carbonyl (C=O) groups is 1. The van der Waals surface area contributed by atoms with E-state index in [-0.39, 0.29) is 18.4 Å². The van der Waals surface area contributed by atoms with Crippen molar-refractivity contribution in [2.24, 2.45) is 0 Å². The summed E-state index contributed by atoms with van der Waals surface area (Å²) in [6, 6.07) is 6.17. The highest BCUT2D eigenvalue weighted by Crippen LogP contribution is 2.12. The minimum absolute atomic E-state index is 0. The Hall–Kier alpha value is -1.60. The minimum atomic E-state index is -0.369. The Morgan fingerprint density at radius 3 is 2.43 bits per heavy atom. The van der Waals surface area contributed by atoms with Crippen LogP contribution in [0.3, 0.4) is 0 Å². The molecule has 0 atom stereocenters. The number of diazo groups is 1. The van der Waals surface area contributed by atoms with Crippen molar-refractivity contribution in [3.8, 4) is 0 Å². The molecule has 4 nitrogen and oxygen atoms in total. The van der Waals surface area contributed by atoms with Gasteiger partial charge in [-0.3, -0.25) is 0 Å². The first-order valence-electron chi connectivity index (χ1n) is 3.90. The van der Waals surface area contributed by atoms with Crippen LogP contribution in [0.1, 0.15) is 17.3 Å². The van der Waals surface area contributed by atoms with Gasteiger partial charge in [0.1, 0.15) is 0 Å². The molecule has 0 bridgehead atoms. The SMILES string of the molecule is CCOC(=O)c1ccc([N+]#N)cc1.[Cl-]. The fourth-order valence-electron chi connectivity index (χ4n) is 0.879. The monoisotopic (exact) mass is 212 g/mol. The third kappa shape index (κ3) is 3.04. The molecule has 0 aliphatic carbocycles. The van der Waals surface area contributed by atoms with E-state index in [0.29, 0.717) is 17.9 Å². The maximum Gasteiger partial charge on any atom is 0.385 e. The highest BCUT2D eigenvalue weighted by atomic mass is 35.5. The zero-order chi connectivity index (χ0) is 9.68. The molecule has 0 amide bonds. The molecule has 0 saturated carbocycles. The number of benzene rings is 1. The van der Waals surface area contributed by atoms with Crippen LogP contribution >= 0.6 is 0 Å². The van der Waals surface area contributed by atoms with E-state index in [1.807, 2.05) is 0 Å². The Bertz CT molecular complexity index is 343. The summed E-state index contributed by atoms with van der Waals surface area (Å²) in [4.78, 5) is 14.1. The Balaban J connectivity index is 0.00000169. The van der Waals surface area contributed by atoms with E-state index in [9.17, 15) is 4.79 Å². The molecule has 0 saturated heterocycles. The number of nitrogens with zero attached hydrogens (tertiary/aromatic N) is 2. The highest BCUT2D eigenvalue weighted by Gasteiger charge is 2.08. The average molecular weight is 213 g/mol. The van der Waals surface area contributed by atoms with Crippen LogP contribution in [0.25, 0.3) is 4.98 Å². The second-order valence-electron chi connectivity index (χ2n) is 2.37. The van der Waals surface area contributed by atoms with Gasteiger partial charge in [-0.25, -0.2) is 4.79 Å². The Labute approximate surface area is 87.9 Å². The Morgan fingerprint density at radius 2 is 2.00 bits per heavy atom. The molecule has 0 fully saturated rings. The lowest BCUT2D eigenvalue weighted by Gasteiger charge is -1.98. The van der Waals surface area contributed by atoms with Crippen molar-refractivity contribution in [1.82, 2.24) is 0 Å². The van der Waals surface area contributed by atoms with E-state index < -0.39 is 0 Å². The number of esters is 1. The molecule has 14 heavy (non-hydrogen) atoms. The molecule has 1 aromatic carbocycles. The van der Waals surface area contributed by atoms with Gasteiger partial charge in [-0.1, -0.05) is 0 Å². The molecule has 0 aliphatic heterocycles. The molecule has 0 spiro atoms. The molecule has 1 rings (SSSR count). The van der Waals surface area contributed by atoms with Crippen molar-refractivity contribution in [3.05, 3.63) is 34.8 Å². The van der Waals surface area contributed by atoms with Crippen LogP contribution in [-0.2, 0) is 4.74 Å². The summed E-state index contributed by atoms with van der Waals surface area (Å²) in [6.45, 7) is 2.10. The Morgan fingerprint density at radius 1 is 1.43 bits per heavy atom. The summed E-state index contributed by atoms with van der Waals surface area (Å²) in [5, 5.41) is 8.38. The van der Waals surface area contributed by atoms with Crippen molar-refractivity contribution in [2.45, 2.75) is 6.92 Å². The first-order valence-corrected chi connectivity index (χ1v) is 3.90. The lowest BCUT2D eigenvalue weighted by molar-refractivity contribution is -0.0000210. The second-order valence-corrected chi connectivity index (χ2v) is 2.37. The quantitative estimate of drug-likeness (QED) is 0.484. The van der Waals surface area contributed by atoms with E-state index in [2.05, 4.69) is 4.98 Å². The number of hydrogen-bond donors (Lipinski definition) is 0. The van der Waals surface area contributed by atoms with Crippen LogP contribution in [-0.4, -0.2) is 12.6 Å². The van der Waals surface area contributed by atoms with Crippen molar-refractivity contribution >= 4 is 11.7 Å². The minimum Gasteiger partial charge on any atom is -1.00 e. The molecule has 1 aromatic rings. The van der Waals surface area contributed by atoms with Crippen LogP contribution < -0.4 is 12.4 Å². The predicted molar refractivity (Wildman–Crippen MR) is 47.1 cm³/mol. The van der Waals surface area contributed by atoms with Crippen molar-refractivity contribution < 1.29 is 21.9 Å². The van der Waals surface area contributed by atoms with Gasteiger partial charge in [0.25, 0.3) is 0 Å². The second kappa shape index (κ2) is 5.95. The van der Waals surface area contributed by atoms with Crippen molar-refractivity contribution in [2.75, 3.05) is 6.61 Å². The summed E-state index contributed by atoms with van der Waals surface area (Å²) < 4.78 is 4.77. The third-order valence-electron chi connectivity index (χ3n) is 1.49. The van der Waals surface area contributed by atoms with E-state index in [1.165, 1.54) is 12.1 Å². The first kappa shape index (κ1) is 12.4. The number of rotatable bonds is 2. The highest BCUT2D eigenvalue weighted by molar-refractivity contribution is 5.89. The Kier molecular flexibility index (Phi) is 5.27. The van der Waals surface area contributed by atoms with E-state index in [4.69, 9.17) is 10.1 Å². The van der Waals surface area contributed by atoms with Gasteiger partial charge in [-0.15, -0.1) is 0 Å². The van der Waals surface area contributed by atoms with Gasteiger partial charge in [0.05, 0.1) is 12.2 Å². The molecule has 0 heterocycles. The lowest BCUT2D eigenvalue weighted by Crippen LogP contribution is -3.00. The third-order valence-corrected chi connectivity index (χ3v) is 1.49. The normalized spacial score (nSPS) is 8.29. The maximum atomic E-state index is 11.1. The van der Waals surface area contributed by atoms with Gasteiger partial charge in [-0.05, 0) is 19.1 Å². The van der Waals surface area contributed by atoms with Crippen LogP contribution in [0.5, 0.6) is 0 Å². The average Bonchev–Trinajstić information content (AvgIpc) is 2.18. The van der Waals surface area contributed by atoms with Gasteiger partial charge in [0.2, 0.25) is 5.39 Å². The van der Waals surface area contributed by atoms with E-state index in [1.54, 1.807) is 19.1 Å². The molecule has 0 N–H and O–H groups in total. The van der Waals surface area contributed by atoms with Gasteiger partial charge in [0.15, 0.2) is 4.98 Å².